The van der Waals surface area contributed by atoms with Gasteiger partial charge in [0.25, 0.3) is 0 Å². The summed E-state index contributed by atoms with van der Waals surface area (Å²) >= 11 is 0. The van der Waals surface area contributed by atoms with Gasteiger partial charge in [-0.05, 0) is 33.2 Å². The molecule has 1 rings (SSSR count). The van der Waals surface area contributed by atoms with E-state index in [1.165, 1.54) is 19.4 Å². The monoisotopic (exact) mass is 187 g/mol. The van der Waals surface area contributed by atoms with E-state index < -0.39 is 0 Å². The zero-order chi connectivity index (χ0) is 9.68. The summed E-state index contributed by atoms with van der Waals surface area (Å²) in [5.74, 6) is 0. The van der Waals surface area contributed by atoms with Gasteiger partial charge in [-0.3, -0.25) is 4.90 Å². The van der Waals surface area contributed by atoms with E-state index in [1.807, 2.05) is 0 Å². The van der Waals surface area contributed by atoms with Gasteiger partial charge in [-0.2, -0.15) is 0 Å². The molecule has 3 nitrogen and oxygen atoms in total. The van der Waals surface area contributed by atoms with Gasteiger partial charge in [0.2, 0.25) is 0 Å². The second-order valence-corrected chi connectivity index (χ2v) is 3.93. The Morgan fingerprint density at radius 1 is 1.54 bits per heavy atom. The number of hydrogen-bond acceptors (Lipinski definition) is 3. The van der Waals surface area contributed by atoms with Gasteiger partial charge >= 0.3 is 0 Å². The van der Waals surface area contributed by atoms with Gasteiger partial charge < -0.3 is 9.84 Å². The van der Waals surface area contributed by atoms with Crippen LogP contribution in [-0.4, -0.2) is 48.5 Å². The summed E-state index contributed by atoms with van der Waals surface area (Å²) in [4.78, 5) is 2.48. The summed E-state index contributed by atoms with van der Waals surface area (Å²) in [5, 5.41) is 8.58. The van der Waals surface area contributed by atoms with Crippen LogP contribution in [0.15, 0.2) is 0 Å². The van der Waals surface area contributed by atoms with Gasteiger partial charge in [0.05, 0.1) is 19.8 Å². The lowest BCUT2D eigenvalue weighted by atomic mass is 10.2. The lowest BCUT2D eigenvalue weighted by molar-refractivity contribution is 0.0454. The molecular formula is C10H21NO2. The van der Waals surface area contributed by atoms with Crippen LogP contribution in [0, 0.1) is 0 Å². The standard InChI is InChI=1S/C10H21NO2/c1-9(2)11-5-3-4-10(11)8-13-7-6-12/h9-10,12H,3-8H2,1-2H3. The van der Waals surface area contributed by atoms with Gasteiger partial charge in [0, 0.05) is 12.1 Å². The highest BCUT2D eigenvalue weighted by molar-refractivity contribution is 4.81. The molecule has 1 unspecified atom stereocenters. The number of nitrogens with zero attached hydrogens (tertiary/aromatic N) is 1. The quantitative estimate of drug-likeness (QED) is 0.648. The molecule has 0 spiro atoms. The molecule has 0 amide bonds. The Balaban J connectivity index is 2.23. The van der Waals surface area contributed by atoms with E-state index in [0.29, 0.717) is 18.7 Å². The van der Waals surface area contributed by atoms with Crippen LogP contribution >= 0.6 is 0 Å². The molecule has 0 radical (unpaired) electrons. The molecule has 0 aliphatic carbocycles. The Labute approximate surface area is 80.7 Å². The summed E-state index contributed by atoms with van der Waals surface area (Å²) in [6, 6.07) is 1.19. The Morgan fingerprint density at radius 2 is 2.31 bits per heavy atom. The van der Waals surface area contributed by atoms with Crippen molar-refractivity contribution < 1.29 is 9.84 Å². The van der Waals surface area contributed by atoms with Crippen LogP contribution in [0.4, 0.5) is 0 Å². The topological polar surface area (TPSA) is 32.7 Å². The molecule has 1 saturated heterocycles. The van der Waals surface area contributed by atoms with Crippen LogP contribution in [-0.2, 0) is 4.74 Å². The van der Waals surface area contributed by atoms with Gasteiger partial charge in [0.15, 0.2) is 0 Å². The van der Waals surface area contributed by atoms with Crippen molar-refractivity contribution in [2.45, 2.75) is 38.8 Å². The van der Waals surface area contributed by atoms with Crippen LogP contribution in [0.25, 0.3) is 0 Å². The second-order valence-electron chi connectivity index (χ2n) is 3.93. The van der Waals surface area contributed by atoms with Gasteiger partial charge in [-0.25, -0.2) is 0 Å². The molecule has 1 atom stereocenters. The summed E-state index contributed by atoms with van der Waals surface area (Å²) in [7, 11) is 0. The van der Waals surface area contributed by atoms with E-state index in [1.54, 1.807) is 0 Å². The van der Waals surface area contributed by atoms with Crippen LogP contribution in [0.1, 0.15) is 26.7 Å². The molecule has 0 aromatic carbocycles. The van der Waals surface area contributed by atoms with Crippen molar-refractivity contribution in [3.05, 3.63) is 0 Å². The van der Waals surface area contributed by atoms with E-state index in [9.17, 15) is 0 Å². The predicted molar refractivity (Wildman–Crippen MR) is 52.8 cm³/mol. The average Bonchev–Trinajstić information content (AvgIpc) is 2.53. The third-order valence-corrected chi connectivity index (χ3v) is 2.63. The van der Waals surface area contributed by atoms with Crippen molar-refractivity contribution in [1.29, 1.82) is 0 Å². The number of aliphatic hydroxyl groups excluding tert-OH is 1. The lowest BCUT2D eigenvalue weighted by Gasteiger charge is -2.27. The fraction of sp³-hybridized carbons (Fsp3) is 1.00. The van der Waals surface area contributed by atoms with E-state index >= 15 is 0 Å². The van der Waals surface area contributed by atoms with Crippen LogP contribution < -0.4 is 0 Å². The molecule has 1 N–H and O–H groups in total. The Hall–Kier alpha value is -0.120. The zero-order valence-electron chi connectivity index (χ0n) is 8.70. The van der Waals surface area contributed by atoms with E-state index in [0.717, 1.165) is 6.61 Å². The molecule has 3 heteroatoms. The first-order valence-electron chi connectivity index (χ1n) is 5.20. The molecule has 0 aromatic heterocycles. The summed E-state index contributed by atoms with van der Waals surface area (Å²) in [6.45, 7) is 7.04. The molecule has 1 aliphatic heterocycles. The number of hydrogen-bond donors (Lipinski definition) is 1. The van der Waals surface area contributed by atoms with Crippen molar-refractivity contribution in [3.63, 3.8) is 0 Å². The Kier molecular flexibility index (Phi) is 4.70. The smallest absolute Gasteiger partial charge is 0.0698 e. The summed E-state index contributed by atoms with van der Waals surface area (Å²) in [5.41, 5.74) is 0. The number of rotatable bonds is 5. The van der Waals surface area contributed by atoms with Crippen LogP contribution in [0.5, 0.6) is 0 Å². The van der Waals surface area contributed by atoms with Crippen LogP contribution in [0.2, 0.25) is 0 Å². The van der Waals surface area contributed by atoms with Crippen molar-refractivity contribution in [2.75, 3.05) is 26.4 Å². The molecule has 78 valence electrons. The molecule has 0 saturated carbocycles. The van der Waals surface area contributed by atoms with Crippen molar-refractivity contribution in [2.24, 2.45) is 0 Å². The number of likely N-dealkylation sites (tertiary alicyclic amines) is 1. The van der Waals surface area contributed by atoms with Gasteiger partial charge in [-0.15, -0.1) is 0 Å². The average molecular weight is 187 g/mol. The van der Waals surface area contributed by atoms with Crippen LogP contribution in [0.3, 0.4) is 0 Å². The van der Waals surface area contributed by atoms with E-state index in [2.05, 4.69) is 18.7 Å². The third kappa shape index (κ3) is 3.25. The first kappa shape index (κ1) is 11.0. The maximum atomic E-state index is 8.58. The molecule has 1 fully saturated rings. The fourth-order valence-electron chi connectivity index (χ4n) is 2.00. The highest BCUT2D eigenvalue weighted by atomic mass is 16.5. The normalized spacial score (nSPS) is 24.5. The summed E-state index contributed by atoms with van der Waals surface area (Å²) in [6.07, 6.45) is 2.52. The highest BCUT2D eigenvalue weighted by Crippen LogP contribution is 2.19. The van der Waals surface area contributed by atoms with E-state index in [4.69, 9.17) is 9.84 Å². The first-order chi connectivity index (χ1) is 6.25. The van der Waals surface area contributed by atoms with E-state index in [-0.39, 0.29) is 6.61 Å². The van der Waals surface area contributed by atoms with Crippen molar-refractivity contribution >= 4 is 0 Å². The lowest BCUT2D eigenvalue weighted by Crippen LogP contribution is -2.38. The SMILES string of the molecule is CC(C)N1CCCC1COCCO. The van der Waals surface area contributed by atoms with Gasteiger partial charge in [0.1, 0.15) is 0 Å². The predicted octanol–water partition coefficient (Wildman–Crippen LogP) is 0.868. The number of ether oxygens (including phenoxy) is 1. The van der Waals surface area contributed by atoms with Crippen molar-refractivity contribution in [3.8, 4) is 0 Å². The molecule has 13 heavy (non-hydrogen) atoms. The minimum Gasteiger partial charge on any atom is -0.394 e. The Morgan fingerprint density at radius 3 is 2.92 bits per heavy atom. The Bertz CT molecular complexity index is 139. The molecule has 0 aromatic rings. The molecule has 1 heterocycles. The largest absolute Gasteiger partial charge is 0.394 e. The fourth-order valence-corrected chi connectivity index (χ4v) is 2.00. The van der Waals surface area contributed by atoms with Crippen molar-refractivity contribution in [1.82, 2.24) is 4.90 Å². The summed E-state index contributed by atoms with van der Waals surface area (Å²) < 4.78 is 5.36. The second kappa shape index (κ2) is 5.58. The third-order valence-electron chi connectivity index (χ3n) is 2.63. The van der Waals surface area contributed by atoms with Gasteiger partial charge in [-0.1, -0.05) is 0 Å². The molecular weight excluding hydrogens is 166 g/mol. The zero-order valence-corrected chi connectivity index (χ0v) is 8.70. The highest BCUT2D eigenvalue weighted by Gasteiger charge is 2.26. The minimum absolute atomic E-state index is 0.133. The maximum absolute atomic E-state index is 8.58. The number of aliphatic hydroxyl groups is 1. The molecule has 0 bridgehead atoms. The molecule has 1 aliphatic rings. The maximum Gasteiger partial charge on any atom is 0.0698 e. The minimum atomic E-state index is 0.133. The first-order valence-corrected chi connectivity index (χ1v) is 5.20.